The van der Waals surface area contributed by atoms with E-state index in [-0.39, 0.29) is 0 Å². The number of carbonyl (C=O) groups is 1. The van der Waals surface area contributed by atoms with Crippen LogP contribution in [0, 0.1) is 6.92 Å². The Morgan fingerprint density at radius 2 is 1.86 bits per heavy atom. The highest BCUT2D eigenvalue weighted by Crippen LogP contribution is 2.34. The van der Waals surface area contributed by atoms with E-state index in [0.717, 1.165) is 29.1 Å². The van der Waals surface area contributed by atoms with E-state index in [9.17, 15) is 9.90 Å². The molecule has 35 heavy (non-hydrogen) atoms. The van der Waals surface area contributed by atoms with Crippen molar-refractivity contribution in [2.75, 3.05) is 5.32 Å². The topological polar surface area (TPSA) is 97.2 Å². The second kappa shape index (κ2) is 9.93. The Balaban J connectivity index is 1.63. The minimum absolute atomic E-state index is 0.571. The van der Waals surface area contributed by atoms with Gasteiger partial charge in [-0.1, -0.05) is 25.1 Å². The molecule has 4 rings (SSSR count). The molecule has 0 unspecified atom stereocenters. The van der Waals surface area contributed by atoms with Crippen molar-refractivity contribution in [1.82, 2.24) is 15.0 Å². The second-order valence-electron chi connectivity index (χ2n) is 8.78. The molecule has 7 nitrogen and oxygen atoms in total. The molecule has 4 aromatic rings. The lowest BCUT2D eigenvalue weighted by Gasteiger charge is -2.20. The quantitative estimate of drug-likeness (QED) is 0.313. The van der Waals surface area contributed by atoms with E-state index in [2.05, 4.69) is 22.2 Å². The van der Waals surface area contributed by atoms with Crippen molar-refractivity contribution in [3.05, 3.63) is 89.9 Å². The van der Waals surface area contributed by atoms with Crippen molar-refractivity contribution in [1.29, 1.82) is 0 Å². The number of aromatic nitrogens is 3. The van der Waals surface area contributed by atoms with E-state index < -0.39 is 11.4 Å². The first-order valence-corrected chi connectivity index (χ1v) is 11.4. The van der Waals surface area contributed by atoms with Gasteiger partial charge in [-0.15, -0.1) is 0 Å². The van der Waals surface area contributed by atoms with Gasteiger partial charge in [0.15, 0.2) is 5.75 Å². The molecule has 0 aliphatic carbocycles. The fourth-order valence-corrected chi connectivity index (χ4v) is 3.68. The maximum atomic E-state index is 11.6. The number of hydrogen-bond acceptors (Lipinski definition) is 6. The monoisotopic (exact) mass is 468 g/mol. The van der Waals surface area contributed by atoms with Crippen LogP contribution < -0.4 is 10.1 Å². The number of anilines is 2. The molecule has 2 N–H and O–H groups in total. The fraction of sp³-hybridized carbons (Fsp3) is 0.214. The fourth-order valence-electron chi connectivity index (χ4n) is 3.68. The van der Waals surface area contributed by atoms with E-state index in [0.29, 0.717) is 28.6 Å². The molecule has 0 aliphatic heterocycles. The van der Waals surface area contributed by atoms with Crippen molar-refractivity contribution in [2.24, 2.45) is 0 Å². The highest BCUT2D eigenvalue weighted by atomic mass is 16.5. The Labute approximate surface area is 204 Å². The molecule has 0 saturated carbocycles. The Morgan fingerprint density at radius 1 is 1.03 bits per heavy atom. The van der Waals surface area contributed by atoms with E-state index in [1.807, 2.05) is 49.4 Å². The molecule has 7 heteroatoms. The predicted molar refractivity (Wildman–Crippen MR) is 136 cm³/mol. The molecule has 0 spiro atoms. The number of carboxylic acid groups (broad SMARTS) is 1. The van der Waals surface area contributed by atoms with Crippen LogP contribution in [0.3, 0.4) is 0 Å². The van der Waals surface area contributed by atoms with Crippen molar-refractivity contribution >= 4 is 17.5 Å². The maximum Gasteiger partial charge on any atom is 0.313 e. The van der Waals surface area contributed by atoms with Crippen molar-refractivity contribution in [3.63, 3.8) is 0 Å². The number of rotatable bonds is 8. The molecular formula is C28H28N4O3. The zero-order chi connectivity index (χ0) is 25.0. The molecule has 0 aliphatic rings. The summed E-state index contributed by atoms with van der Waals surface area (Å²) in [5.41, 5.74) is 3.89. The lowest BCUT2D eigenvalue weighted by atomic mass is 9.84. The minimum atomic E-state index is -1.01. The van der Waals surface area contributed by atoms with Crippen LogP contribution in [0.15, 0.2) is 73.1 Å². The maximum absolute atomic E-state index is 11.6. The number of nitrogens with zero attached hydrogens (tertiary/aromatic N) is 3. The van der Waals surface area contributed by atoms with Crippen molar-refractivity contribution < 1.29 is 14.6 Å². The highest BCUT2D eigenvalue weighted by molar-refractivity contribution is 5.81. The molecule has 0 bridgehead atoms. The summed E-state index contributed by atoms with van der Waals surface area (Å²) >= 11 is 0. The molecule has 0 fully saturated rings. The summed E-state index contributed by atoms with van der Waals surface area (Å²) in [4.78, 5) is 25.3. The Hall–Kier alpha value is -4.26. The average Bonchev–Trinajstić information content (AvgIpc) is 2.85. The highest BCUT2D eigenvalue weighted by Gasteiger charge is 2.29. The van der Waals surface area contributed by atoms with E-state index >= 15 is 0 Å². The standard InChI is InChI=1S/C28H28N4O3/c1-5-22-18(2)15-24(26(32-22)23-11-6-7-13-29-23)35-21-12-14-30-25(17-21)31-20-10-8-9-19(16-20)28(3,4)27(33)34/h6-17H,5H2,1-4H3,(H,30,31)(H,33,34). The number of ether oxygens (including phenoxy) is 1. The van der Waals surface area contributed by atoms with Gasteiger partial charge in [-0.25, -0.2) is 9.97 Å². The Kier molecular flexibility index (Phi) is 6.78. The number of pyridine rings is 3. The summed E-state index contributed by atoms with van der Waals surface area (Å²) in [5.74, 6) is 0.889. The Morgan fingerprint density at radius 3 is 2.57 bits per heavy atom. The third kappa shape index (κ3) is 5.30. The number of carboxylic acids is 1. The summed E-state index contributed by atoms with van der Waals surface area (Å²) in [6.45, 7) is 7.46. The van der Waals surface area contributed by atoms with Gasteiger partial charge in [0.05, 0.1) is 11.1 Å². The van der Waals surface area contributed by atoms with Crippen LogP contribution in [0.2, 0.25) is 0 Å². The number of aryl methyl sites for hydroxylation is 2. The van der Waals surface area contributed by atoms with E-state index in [1.165, 1.54) is 0 Å². The van der Waals surface area contributed by atoms with Gasteiger partial charge in [0, 0.05) is 29.8 Å². The first-order chi connectivity index (χ1) is 16.8. The Bertz CT molecular complexity index is 1350. The third-order valence-electron chi connectivity index (χ3n) is 5.88. The molecule has 178 valence electrons. The third-order valence-corrected chi connectivity index (χ3v) is 5.88. The number of nitrogens with one attached hydrogen (secondary N) is 1. The van der Waals surface area contributed by atoms with Crippen LogP contribution in [-0.2, 0) is 16.6 Å². The van der Waals surface area contributed by atoms with Crippen LogP contribution >= 0.6 is 0 Å². The smallest absolute Gasteiger partial charge is 0.313 e. The summed E-state index contributed by atoms with van der Waals surface area (Å²) in [5, 5.41) is 12.8. The van der Waals surface area contributed by atoms with Gasteiger partial charge >= 0.3 is 5.97 Å². The van der Waals surface area contributed by atoms with Crippen LogP contribution in [0.5, 0.6) is 11.5 Å². The molecule has 0 amide bonds. The van der Waals surface area contributed by atoms with E-state index in [1.54, 1.807) is 44.4 Å². The largest absolute Gasteiger partial charge is 0.481 e. The normalized spacial score (nSPS) is 11.2. The number of benzene rings is 1. The summed E-state index contributed by atoms with van der Waals surface area (Å²) < 4.78 is 6.27. The first-order valence-electron chi connectivity index (χ1n) is 11.4. The van der Waals surface area contributed by atoms with Crippen molar-refractivity contribution in [3.8, 4) is 22.9 Å². The summed E-state index contributed by atoms with van der Waals surface area (Å²) in [6.07, 6.45) is 4.21. The first kappa shape index (κ1) is 23.9. The van der Waals surface area contributed by atoms with Crippen LogP contribution in [0.1, 0.15) is 37.6 Å². The van der Waals surface area contributed by atoms with E-state index in [4.69, 9.17) is 9.72 Å². The van der Waals surface area contributed by atoms with Gasteiger partial charge < -0.3 is 15.2 Å². The van der Waals surface area contributed by atoms with Gasteiger partial charge in [-0.05, 0) is 74.7 Å². The van der Waals surface area contributed by atoms with Crippen LogP contribution in [0.25, 0.3) is 11.4 Å². The lowest BCUT2D eigenvalue weighted by Crippen LogP contribution is -2.28. The molecule has 0 atom stereocenters. The van der Waals surface area contributed by atoms with Gasteiger partial charge in [-0.2, -0.15) is 0 Å². The minimum Gasteiger partial charge on any atom is -0.481 e. The zero-order valence-corrected chi connectivity index (χ0v) is 20.2. The van der Waals surface area contributed by atoms with Crippen molar-refractivity contribution in [2.45, 2.75) is 39.5 Å². The number of hydrogen-bond donors (Lipinski definition) is 2. The SMILES string of the molecule is CCc1nc(-c2ccccn2)c(Oc2ccnc(Nc3cccc(C(C)(C)C(=O)O)c3)c2)cc1C. The van der Waals surface area contributed by atoms with Crippen LogP contribution in [-0.4, -0.2) is 26.0 Å². The van der Waals surface area contributed by atoms with Crippen LogP contribution in [0.4, 0.5) is 11.5 Å². The summed E-state index contributed by atoms with van der Waals surface area (Å²) in [7, 11) is 0. The second-order valence-corrected chi connectivity index (χ2v) is 8.78. The lowest BCUT2D eigenvalue weighted by molar-refractivity contribution is -0.142. The number of aliphatic carboxylic acids is 1. The molecule has 3 aromatic heterocycles. The van der Waals surface area contributed by atoms with Gasteiger partial charge in [0.25, 0.3) is 0 Å². The molecule has 1 aromatic carbocycles. The molecule has 3 heterocycles. The predicted octanol–water partition coefficient (Wildman–Crippen LogP) is 6.31. The molecular weight excluding hydrogens is 440 g/mol. The average molecular weight is 469 g/mol. The zero-order valence-electron chi connectivity index (χ0n) is 20.2. The van der Waals surface area contributed by atoms with Gasteiger partial charge in [0.2, 0.25) is 0 Å². The molecule has 0 saturated heterocycles. The van der Waals surface area contributed by atoms with Gasteiger partial charge in [-0.3, -0.25) is 9.78 Å². The molecule has 0 radical (unpaired) electrons. The summed E-state index contributed by atoms with van der Waals surface area (Å²) in [6, 6.07) is 18.6. The van der Waals surface area contributed by atoms with Gasteiger partial charge in [0.1, 0.15) is 17.3 Å².